The summed E-state index contributed by atoms with van der Waals surface area (Å²) in [5.41, 5.74) is 1.47. The van der Waals surface area contributed by atoms with Gasteiger partial charge in [0, 0.05) is 5.69 Å². The Balaban J connectivity index is 1.55. The summed E-state index contributed by atoms with van der Waals surface area (Å²) in [6, 6.07) is 12.1. The molecule has 24 heavy (non-hydrogen) atoms. The van der Waals surface area contributed by atoms with Crippen molar-refractivity contribution in [2.24, 2.45) is 0 Å². The molecule has 1 aliphatic heterocycles. The maximum absolute atomic E-state index is 12.5. The van der Waals surface area contributed by atoms with Crippen LogP contribution < -0.4 is 20.5 Å². The van der Waals surface area contributed by atoms with Gasteiger partial charge in [0.25, 0.3) is 5.91 Å². The molecule has 0 aliphatic carbocycles. The maximum atomic E-state index is 12.5. The molecule has 1 aromatic heterocycles. The molecule has 7 nitrogen and oxygen atoms in total. The number of ether oxygens (including phenoxy) is 2. The van der Waals surface area contributed by atoms with E-state index in [0.29, 0.717) is 28.3 Å². The zero-order chi connectivity index (χ0) is 16.7. The molecule has 0 spiro atoms. The van der Waals surface area contributed by atoms with Crippen molar-refractivity contribution in [1.29, 1.82) is 0 Å². The molecule has 2 heterocycles. The fourth-order valence-electron chi connectivity index (χ4n) is 2.65. The highest BCUT2D eigenvalue weighted by Gasteiger charge is 2.34. The first kappa shape index (κ1) is 14.4. The maximum Gasteiger partial charge on any atom is 0.417 e. The van der Waals surface area contributed by atoms with Crippen LogP contribution >= 0.6 is 0 Å². The number of carbonyl (C=O) groups excluding carboxylic acids is 1. The predicted octanol–water partition coefficient (Wildman–Crippen LogP) is 2.29. The van der Waals surface area contributed by atoms with Crippen molar-refractivity contribution in [2.75, 3.05) is 5.32 Å². The first-order valence-electron chi connectivity index (χ1n) is 7.46. The van der Waals surface area contributed by atoms with E-state index in [1.807, 2.05) is 12.1 Å². The summed E-state index contributed by atoms with van der Waals surface area (Å²) in [7, 11) is 0. The molecular weight excluding hydrogens is 312 g/mol. The van der Waals surface area contributed by atoms with E-state index in [4.69, 9.17) is 13.9 Å². The van der Waals surface area contributed by atoms with E-state index in [-0.39, 0.29) is 5.91 Å². The summed E-state index contributed by atoms with van der Waals surface area (Å²) in [5, 5.41) is 2.77. The molecule has 0 radical (unpaired) electrons. The number of H-pyrrole nitrogens is 1. The number of para-hydroxylation sites is 2. The third-order valence-electron chi connectivity index (χ3n) is 3.79. The largest absolute Gasteiger partial charge is 0.482 e. The third kappa shape index (κ3) is 2.50. The van der Waals surface area contributed by atoms with Crippen molar-refractivity contribution in [3.8, 4) is 11.5 Å². The summed E-state index contributed by atoms with van der Waals surface area (Å²) in [5.74, 6) is 0.279. The molecule has 2 atom stereocenters. The van der Waals surface area contributed by atoms with Gasteiger partial charge in [0.05, 0.1) is 5.52 Å². The zero-order valence-corrected chi connectivity index (χ0v) is 12.7. The van der Waals surface area contributed by atoms with Crippen LogP contribution in [0.25, 0.3) is 11.1 Å². The molecule has 7 heteroatoms. The van der Waals surface area contributed by atoms with Crippen LogP contribution in [0.15, 0.2) is 51.7 Å². The van der Waals surface area contributed by atoms with E-state index in [1.165, 1.54) is 0 Å². The van der Waals surface area contributed by atoms with Crippen molar-refractivity contribution >= 4 is 22.7 Å². The van der Waals surface area contributed by atoms with Crippen LogP contribution in [-0.2, 0) is 4.79 Å². The Morgan fingerprint density at radius 1 is 1.12 bits per heavy atom. The molecule has 4 rings (SSSR count). The molecule has 0 fully saturated rings. The highest BCUT2D eigenvalue weighted by atomic mass is 16.6. The van der Waals surface area contributed by atoms with Crippen molar-refractivity contribution in [2.45, 2.75) is 19.1 Å². The van der Waals surface area contributed by atoms with Crippen LogP contribution in [0.3, 0.4) is 0 Å². The Morgan fingerprint density at radius 2 is 1.88 bits per heavy atom. The van der Waals surface area contributed by atoms with Gasteiger partial charge in [-0.1, -0.05) is 12.1 Å². The number of hydrogen-bond donors (Lipinski definition) is 2. The van der Waals surface area contributed by atoms with Gasteiger partial charge in [-0.15, -0.1) is 0 Å². The van der Waals surface area contributed by atoms with Crippen LogP contribution in [-0.4, -0.2) is 23.1 Å². The van der Waals surface area contributed by atoms with Gasteiger partial charge in [0.2, 0.25) is 6.10 Å². The van der Waals surface area contributed by atoms with Crippen LogP contribution in [0.2, 0.25) is 0 Å². The molecular formula is C17H14N2O5. The predicted molar refractivity (Wildman–Crippen MR) is 86.4 cm³/mol. The molecule has 2 N–H and O–H groups in total. The van der Waals surface area contributed by atoms with Crippen LogP contribution in [0.4, 0.5) is 5.69 Å². The van der Waals surface area contributed by atoms with Crippen molar-refractivity contribution < 1.29 is 18.7 Å². The number of fused-ring (bicyclic) bond motifs is 2. The van der Waals surface area contributed by atoms with Crippen LogP contribution in [0.5, 0.6) is 11.5 Å². The quantitative estimate of drug-likeness (QED) is 0.753. The second kappa shape index (κ2) is 5.45. The van der Waals surface area contributed by atoms with E-state index < -0.39 is 18.0 Å². The lowest BCUT2D eigenvalue weighted by Crippen LogP contribution is -2.46. The van der Waals surface area contributed by atoms with Gasteiger partial charge in [-0.3, -0.25) is 9.78 Å². The third-order valence-corrected chi connectivity index (χ3v) is 3.79. The lowest BCUT2D eigenvalue weighted by Gasteiger charge is -2.31. The molecule has 0 saturated carbocycles. The molecule has 2 aromatic carbocycles. The van der Waals surface area contributed by atoms with E-state index in [0.717, 1.165) is 0 Å². The summed E-state index contributed by atoms with van der Waals surface area (Å²) in [6.45, 7) is 1.77. The summed E-state index contributed by atoms with van der Waals surface area (Å²) < 4.78 is 16.4. The van der Waals surface area contributed by atoms with Gasteiger partial charge < -0.3 is 19.2 Å². The average Bonchev–Trinajstić information content (AvgIpc) is 2.93. The number of aromatic nitrogens is 1. The topological polar surface area (TPSA) is 93.6 Å². The molecule has 122 valence electrons. The Kier molecular flexibility index (Phi) is 3.26. The SMILES string of the molecule is C[C@@H]1Oc2ccccc2O[C@H]1C(=O)Nc1ccc2oc(=O)[nH]c2c1. The Hall–Kier alpha value is -3.22. The molecule has 0 bridgehead atoms. The normalized spacial score (nSPS) is 19.2. The van der Waals surface area contributed by atoms with Gasteiger partial charge in [-0.25, -0.2) is 4.79 Å². The van der Waals surface area contributed by atoms with Crippen molar-refractivity contribution in [1.82, 2.24) is 4.98 Å². The monoisotopic (exact) mass is 326 g/mol. The van der Waals surface area contributed by atoms with E-state index >= 15 is 0 Å². The fraction of sp³-hybridized carbons (Fsp3) is 0.176. The van der Waals surface area contributed by atoms with Crippen LogP contribution in [0, 0.1) is 0 Å². The number of benzene rings is 2. The zero-order valence-electron chi connectivity index (χ0n) is 12.7. The number of hydrogen-bond acceptors (Lipinski definition) is 5. The van der Waals surface area contributed by atoms with Crippen LogP contribution in [0.1, 0.15) is 6.92 Å². The first-order valence-corrected chi connectivity index (χ1v) is 7.46. The number of oxazole rings is 1. The number of rotatable bonds is 2. The lowest BCUT2D eigenvalue weighted by atomic mass is 10.1. The molecule has 0 unspecified atom stereocenters. The summed E-state index contributed by atoms with van der Waals surface area (Å²) in [4.78, 5) is 26.2. The number of aromatic amines is 1. The van der Waals surface area contributed by atoms with Crippen molar-refractivity contribution in [3.05, 3.63) is 53.0 Å². The fourth-order valence-corrected chi connectivity index (χ4v) is 2.65. The van der Waals surface area contributed by atoms with E-state index in [2.05, 4.69) is 10.3 Å². The molecule has 1 aliphatic rings. The van der Waals surface area contributed by atoms with Gasteiger partial charge in [-0.05, 0) is 37.3 Å². The van der Waals surface area contributed by atoms with Gasteiger partial charge in [-0.2, -0.15) is 0 Å². The molecule has 0 saturated heterocycles. The minimum Gasteiger partial charge on any atom is -0.482 e. The summed E-state index contributed by atoms with van der Waals surface area (Å²) >= 11 is 0. The highest BCUT2D eigenvalue weighted by Crippen LogP contribution is 2.33. The van der Waals surface area contributed by atoms with Gasteiger partial charge in [0.15, 0.2) is 17.1 Å². The minimum absolute atomic E-state index is 0.331. The Morgan fingerprint density at radius 3 is 2.67 bits per heavy atom. The highest BCUT2D eigenvalue weighted by molar-refractivity contribution is 5.96. The standard InChI is InChI=1S/C17H14N2O5/c1-9-15(23-14-5-3-2-4-13(14)22-9)16(20)18-10-6-7-12-11(8-10)19-17(21)24-12/h2-9,15H,1H3,(H,18,20)(H,19,21)/t9-,15+/m0/s1. The molecule has 1 amide bonds. The number of carbonyl (C=O) groups is 1. The van der Waals surface area contributed by atoms with Crippen molar-refractivity contribution in [3.63, 3.8) is 0 Å². The number of nitrogens with one attached hydrogen (secondary N) is 2. The van der Waals surface area contributed by atoms with E-state index in [1.54, 1.807) is 37.3 Å². The minimum atomic E-state index is -0.779. The molecule has 3 aromatic rings. The summed E-state index contributed by atoms with van der Waals surface area (Å²) in [6.07, 6.45) is -1.21. The van der Waals surface area contributed by atoms with Gasteiger partial charge >= 0.3 is 5.76 Å². The van der Waals surface area contributed by atoms with E-state index in [9.17, 15) is 9.59 Å². The number of amides is 1. The lowest BCUT2D eigenvalue weighted by molar-refractivity contribution is -0.128. The smallest absolute Gasteiger partial charge is 0.417 e. The second-order valence-electron chi connectivity index (χ2n) is 5.52. The second-order valence-corrected chi connectivity index (χ2v) is 5.52. The average molecular weight is 326 g/mol. The first-order chi connectivity index (χ1) is 11.6. The number of anilines is 1. The Labute approximate surface area is 136 Å². The Bertz CT molecular complexity index is 974. The van der Waals surface area contributed by atoms with Gasteiger partial charge in [0.1, 0.15) is 6.10 Å².